The molecule has 0 bridgehead atoms. The summed E-state index contributed by atoms with van der Waals surface area (Å²) in [6, 6.07) is 7.51. The zero-order valence-electron chi connectivity index (χ0n) is 14.9. The molecule has 1 aliphatic heterocycles. The standard InChI is InChI=1S/C18H15ClN2O5S2/c1-10(2)20-17(22)16(28-18(20)27)8-12-4-5-13(26-12)9-25-15-6-3-11(19)7-14(15)21(23)24/h3-8,10H,9H2,1-2H3/b16-8-. The average Bonchev–Trinajstić information content (AvgIpc) is 3.18. The average molecular weight is 439 g/mol. The lowest BCUT2D eigenvalue weighted by Gasteiger charge is -2.18. The first-order valence-electron chi connectivity index (χ1n) is 8.19. The lowest BCUT2D eigenvalue weighted by atomic mass is 10.3. The van der Waals surface area contributed by atoms with Gasteiger partial charge in [0, 0.05) is 23.2 Å². The van der Waals surface area contributed by atoms with Crippen LogP contribution in [-0.4, -0.2) is 26.1 Å². The number of carbonyl (C=O) groups excluding carboxylic acids is 1. The first-order chi connectivity index (χ1) is 13.3. The number of hydrogen-bond donors (Lipinski definition) is 0. The highest BCUT2D eigenvalue weighted by Gasteiger charge is 2.33. The number of halogens is 1. The number of nitro benzene ring substituents is 1. The number of carbonyl (C=O) groups is 1. The molecule has 7 nitrogen and oxygen atoms in total. The highest BCUT2D eigenvalue weighted by Crippen LogP contribution is 2.34. The van der Waals surface area contributed by atoms with Crippen LogP contribution >= 0.6 is 35.6 Å². The third kappa shape index (κ3) is 4.37. The SMILES string of the molecule is CC(C)N1C(=O)/C(=C/c2ccc(COc3ccc(Cl)cc3[N+](=O)[O-])o2)SC1=S. The van der Waals surface area contributed by atoms with Crippen LogP contribution in [0.4, 0.5) is 5.69 Å². The third-order valence-electron chi connectivity index (χ3n) is 3.78. The first-order valence-corrected chi connectivity index (χ1v) is 9.79. The number of benzene rings is 1. The van der Waals surface area contributed by atoms with Crippen LogP contribution in [0.3, 0.4) is 0 Å². The second-order valence-corrected chi connectivity index (χ2v) is 8.22. The molecule has 0 atom stereocenters. The highest BCUT2D eigenvalue weighted by atomic mass is 35.5. The molecule has 1 fully saturated rings. The molecule has 1 aromatic carbocycles. The number of thiocarbonyl (C=S) groups is 1. The summed E-state index contributed by atoms with van der Waals surface area (Å²) in [6.45, 7) is 3.78. The van der Waals surface area contributed by atoms with E-state index in [0.717, 1.165) is 0 Å². The summed E-state index contributed by atoms with van der Waals surface area (Å²) in [6.07, 6.45) is 1.62. The minimum absolute atomic E-state index is 0.0106. The minimum atomic E-state index is -0.564. The predicted octanol–water partition coefficient (Wildman–Crippen LogP) is 5.03. The molecule has 0 aliphatic carbocycles. The Morgan fingerprint density at radius 3 is 2.79 bits per heavy atom. The van der Waals surface area contributed by atoms with E-state index in [1.54, 1.807) is 23.1 Å². The molecule has 1 saturated heterocycles. The number of nitro groups is 1. The van der Waals surface area contributed by atoms with E-state index in [2.05, 4.69) is 0 Å². The van der Waals surface area contributed by atoms with Crippen molar-refractivity contribution < 1.29 is 18.9 Å². The zero-order chi connectivity index (χ0) is 20.4. The van der Waals surface area contributed by atoms with E-state index in [1.807, 2.05) is 13.8 Å². The zero-order valence-corrected chi connectivity index (χ0v) is 17.3. The fraction of sp³-hybridized carbons (Fsp3) is 0.222. The largest absolute Gasteiger partial charge is 0.479 e. The van der Waals surface area contributed by atoms with Gasteiger partial charge in [-0.25, -0.2) is 0 Å². The van der Waals surface area contributed by atoms with Crippen LogP contribution in [-0.2, 0) is 11.4 Å². The maximum Gasteiger partial charge on any atom is 0.312 e. The van der Waals surface area contributed by atoms with E-state index >= 15 is 0 Å². The fourth-order valence-electron chi connectivity index (χ4n) is 2.51. The van der Waals surface area contributed by atoms with E-state index in [-0.39, 0.29) is 35.0 Å². The number of amides is 1. The summed E-state index contributed by atoms with van der Waals surface area (Å²) in [5.74, 6) is 0.851. The molecule has 0 spiro atoms. The molecule has 10 heteroatoms. The molecule has 3 rings (SSSR count). The van der Waals surface area contributed by atoms with Crippen molar-refractivity contribution >= 4 is 57.6 Å². The summed E-state index contributed by atoms with van der Waals surface area (Å²) < 4.78 is 11.7. The van der Waals surface area contributed by atoms with Crippen LogP contribution in [0.5, 0.6) is 5.75 Å². The Kier molecular flexibility index (Phi) is 6.07. The topological polar surface area (TPSA) is 85.8 Å². The quantitative estimate of drug-likeness (QED) is 0.270. The molecule has 2 heterocycles. The fourth-order valence-corrected chi connectivity index (χ4v) is 4.18. The van der Waals surface area contributed by atoms with E-state index < -0.39 is 4.92 Å². The van der Waals surface area contributed by atoms with Gasteiger partial charge in [-0.2, -0.15) is 0 Å². The molecule has 0 saturated carbocycles. The second kappa shape index (κ2) is 8.34. The van der Waals surface area contributed by atoms with Crippen molar-refractivity contribution in [3.8, 4) is 5.75 Å². The number of ether oxygens (including phenoxy) is 1. The molecule has 28 heavy (non-hydrogen) atoms. The Labute approximate surface area is 175 Å². The summed E-state index contributed by atoms with van der Waals surface area (Å²) in [7, 11) is 0. The van der Waals surface area contributed by atoms with Crippen molar-refractivity contribution in [3.05, 3.63) is 61.9 Å². The summed E-state index contributed by atoms with van der Waals surface area (Å²) in [4.78, 5) is 25.0. The van der Waals surface area contributed by atoms with E-state index in [9.17, 15) is 14.9 Å². The molecule has 2 aromatic rings. The third-order valence-corrected chi connectivity index (χ3v) is 5.35. The van der Waals surface area contributed by atoms with Crippen LogP contribution in [0, 0.1) is 10.1 Å². The molecular weight excluding hydrogens is 424 g/mol. The van der Waals surface area contributed by atoms with Gasteiger partial charge in [-0.05, 0) is 38.1 Å². The maximum atomic E-state index is 12.4. The van der Waals surface area contributed by atoms with Crippen molar-refractivity contribution in [2.45, 2.75) is 26.5 Å². The van der Waals surface area contributed by atoms with Gasteiger partial charge in [0.25, 0.3) is 5.91 Å². The van der Waals surface area contributed by atoms with Crippen molar-refractivity contribution in [1.82, 2.24) is 4.90 Å². The Morgan fingerprint density at radius 1 is 1.39 bits per heavy atom. The predicted molar refractivity (Wildman–Crippen MR) is 111 cm³/mol. The van der Waals surface area contributed by atoms with Gasteiger partial charge in [0.2, 0.25) is 0 Å². The van der Waals surface area contributed by atoms with Gasteiger partial charge in [-0.1, -0.05) is 35.6 Å². The number of rotatable bonds is 6. The molecule has 1 aromatic heterocycles. The van der Waals surface area contributed by atoms with Gasteiger partial charge in [0.1, 0.15) is 22.4 Å². The second-order valence-electron chi connectivity index (χ2n) is 6.11. The summed E-state index contributed by atoms with van der Waals surface area (Å²) in [5.41, 5.74) is -0.225. The molecule has 146 valence electrons. The van der Waals surface area contributed by atoms with Gasteiger partial charge in [0.15, 0.2) is 5.75 Å². The highest BCUT2D eigenvalue weighted by molar-refractivity contribution is 8.26. The molecule has 0 radical (unpaired) electrons. The van der Waals surface area contributed by atoms with Crippen LogP contribution in [0.2, 0.25) is 5.02 Å². The van der Waals surface area contributed by atoms with Crippen molar-refractivity contribution in [2.75, 3.05) is 0 Å². The van der Waals surface area contributed by atoms with Gasteiger partial charge < -0.3 is 9.15 Å². The lowest BCUT2D eigenvalue weighted by Crippen LogP contribution is -2.34. The Morgan fingerprint density at radius 2 is 2.14 bits per heavy atom. The van der Waals surface area contributed by atoms with Crippen molar-refractivity contribution in [3.63, 3.8) is 0 Å². The van der Waals surface area contributed by atoms with Gasteiger partial charge in [0.05, 0.1) is 9.83 Å². The van der Waals surface area contributed by atoms with E-state index in [0.29, 0.717) is 20.7 Å². The van der Waals surface area contributed by atoms with Crippen molar-refractivity contribution in [2.24, 2.45) is 0 Å². The van der Waals surface area contributed by atoms with Crippen molar-refractivity contribution in [1.29, 1.82) is 0 Å². The Bertz CT molecular complexity index is 986. The van der Waals surface area contributed by atoms with Crippen LogP contribution in [0.15, 0.2) is 39.7 Å². The molecule has 1 amide bonds. The molecular formula is C18H15ClN2O5S2. The summed E-state index contributed by atoms with van der Waals surface area (Å²) >= 11 is 12.3. The Hall–Kier alpha value is -2.36. The summed E-state index contributed by atoms with van der Waals surface area (Å²) in [5, 5.41) is 11.3. The van der Waals surface area contributed by atoms with E-state index in [1.165, 1.54) is 30.0 Å². The Balaban J connectivity index is 1.71. The monoisotopic (exact) mass is 438 g/mol. The normalized spacial score (nSPS) is 15.7. The van der Waals surface area contributed by atoms with E-state index in [4.69, 9.17) is 33.0 Å². The van der Waals surface area contributed by atoms with Gasteiger partial charge in [-0.15, -0.1) is 0 Å². The lowest BCUT2D eigenvalue weighted by molar-refractivity contribution is -0.385. The molecule has 0 unspecified atom stereocenters. The molecule has 1 aliphatic rings. The first kappa shape index (κ1) is 20.4. The smallest absolute Gasteiger partial charge is 0.312 e. The number of nitrogens with zero attached hydrogens (tertiary/aromatic N) is 2. The van der Waals surface area contributed by atoms with Crippen LogP contribution < -0.4 is 4.74 Å². The van der Waals surface area contributed by atoms with Gasteiger partial charge in [-0.3, -0.25) is 19.8 Å². The van der Waals surface area contributed by atoms with Crippen LogP contribution in [0.25, 0.3) is 6.08 Å². The molecule has 0 N–H and O–H groups in total. The minimum Gasteiger partial charge on any atom is -0.479 e. The van der Waals surface area contributed by atoms with Gasteiger partial charge >= 0.3 is 5.69 Å². The number of furan rings is 1. The maximum absolute atomic E-state index is 12.4. The number of hydrogen-bond acceptors (Lipinski definition) is 7. The van der Waals surface area contributed by atoms with Crippen LogP contribution in [0.1, 0.15) is 25.4 Å². The number of thioether (sulfide) groups is 1.